The zero-order valence-electron chi connectivity index (χ0n) is 20.3. The number of nitrogens with one attached hydrogen (secondary N) is 2. The predicted octanol–water partition coefficient (Wildman–Crippen LogP) is 4.19. The van der Waals surface area contributed by atoms with Crippen LogP contribution in [-0.4, -0.2) is 40.7 Å². The molecule has 2 aliphatic carbocycles. The molecule has 2 saturated carbocycles. The molecule has 1 aromatic heterocycles. The lowest BCUT2D eigenvalue weighted by atomic mass is 9.95. The summed E-state index contributed by atoms with van der Waals surface area (Å²) in [5, 5.41) is 6.09. The molecule has 0 bridgehead atoms. The van der Waals surface area contributed by atoms with Crippen molar-refractivity contribution < 1.29 is 14.4 Å². The van der Waals surface area contributed by atoms with E-state index in [1.807, 2.05) is 31.2 Å². The van der Waals surface area contributed by atoms with Crippen LogP contribution in [0, 0.1) is 6.92 Å². The number of nitrogen functional groups attached to an aromatic ring is 1. The number of hydrogen-bond acceptors (Lipinski definition) is 6. The second-order valence-electron chi connectivity index (χ2n) is 9.71. The lowest BCUT2D eigenvalue weighted by Gasteiger charge is -2.26. The third-order valence-corrected chi connectivity index (χ3v) is 7.79. The Balaban J connectivity index is 1.51. The highest BCUT2D eigenvalue weighted by Crippen LogP contribution is 2.27. The van der Waals surface area contributed by atoms with Crippen LogP contribution in [0.1, 0.15) is 89.9 Å². The fraction of sp³-hybridized carbons (Fsp3) is 0.538. The molecule has 0 aliphatic heterocycles. The summed E-state index contributed by atoms with van der Waals surface area (Å²) in [6.07, 6.45) is 10.6. The van der Waals surface area contributed by atoms with Gasteiger partial charge in [-0.15, -0.1) is 0 Å². The second-order valence-corrected chi connectivity index (χ2v) is 10.5. The molecule has 4 N–H and O–H groups in total. The number of rotatable bonds is 7. The van der Waals surface area contributed by atoms with Crippen LogP contribution < -0.4 is 21.3 Å². The van der Waals surface area contributed by atoms with Crippen LogP contribution in [0.2, 0.25) is 0 Å². The van der Waals surface area contributed by atoms with E-state index < -0.39 is 5.91 Å². The molecule has 0 unspecified atom stereocenters. The molecule has 9 heteroatoms. The highest BCUT2D eigenvalue weighted by molar-refractivity contribution is 7.09. The number of hydrogen-bond donors (Lipinski definition) is 3. The van der Waals surface area contributed by atoms with Crippen molar-refractivity contribution in [2.75, 3.05) is 17.2 Å². The normalized spacial score (nSPS) is 17.1. The predicted molar refractivity (Wildman–Crippen MR) is 139 cm³/mol. The molecule has 35 heavy (non-hydrogen) atoms. The molecule has 2 aliphatic rings. The minimum atomic E-state index is -0.431. The van der Waals surface area contributed by atoms with Gasteiger partial charge in [-0.1, -0.05) is 56.2 Å². The summed E-state index contributed by atoms with van der Waals surface area (Å²) < 4.78 is 4.22. The van der Waals surface area contributed by atoms with Crippen molar-refractivity contribution in [2.24, 2.45) is 0 Å². The summed E-state index contributed by atoms with van der Waals surface area (Å²) in [6, 6.07) is 7.68. The number of carbonyl (C=O) groups excluding carboxylic acids is 3. The van der Waals surface area contributed by atoms with Gasteiger partial charge in [-0.2, -0.15) is 4.37 Å². The quantitative estimate of drug-likeness (QED) is 0.530. The van der Waals surface area contributed by atoms with Crippen LogP contribution in [0.5, 0.6) is 0 Å². The molecule has 1 aromatic carbocycles. The van der Waals surface area contributed by atoms with Crippen molar-refractivity contribution in [3.63, 3.8) is 0 Å². The first kappa shape index (κ1) is 25.2. The van der Waals surface area contributed by atoms with E-state index in [-0.39, 0.29) is 46.7 Å². The number of aromatic nitrogens is 1. The number of nitrogens with zero attached hydrogens (tertiary/aromatic N) is 2. The van der Waals surface area contributed by atoms with Crippen molar-refractivity contribution in [1.29, 1.82) is 0 Å². The zero-order valence-corrected chi connectivity index (χ0v) is 21.2. The molecule has 2 fully saturated rings. The number of nitrogens with two attached hydrogens (primary N) is 1. The fourth-order valence-electron chi connectivity index (χ4n) is 4.91. The molecule has 1 heterocycles. The Morgan fingerprint density at radius 1 is 0.943 bits per heavy atom. The SMILES string of the molecule is Cc1ccc(N(CC(=O)NC2CCCCC2)C(=O)c2snc(C(=O)NC3CCCCC3)c2N)cc1. The molecule has 0 radical (unpaired) electrons. The van der Waals surface area contributed by atoms with E-state index in [0.717, 1.165) is 68.5 Å². The monoisotopic (exact) mass is 497 g/mol. The number of aryl methyl sites for hydroxylation is 1. The van der Waals surface area contributed by atoms with Gasteiger partial charge in [-0.25, -0.2) is 0 Å². The van der Waals surface area contributed by atoms with Crippen molar-refractivity contribution in [3.8, 4) is 0 Å². The summed E-state index contributed by atoms with van der Waals surface area (Å²) in [5.74, 6) is -0.981. The van der Waals surface area contributed by atoms with Crippen molar-refractivity contribution >= 4 is 40.6 Å². The van der Waals surface area contributed by atoms with E-state index in [1.165, 1.54) is 17.7 Å². The molecule has 4 rings (SSSR count). The number of benzene rings is 1. The highest BCUT2D eigenvalue weighted by Gasteiger charge is 2.29. The summed E-state index contributed by atoms with van der Waals surface area (Å²) in [4.78, 5) is 40.9. The van der Waals surface area contributed by atoms with Crippen LogP contribution in [0.3, 0.4) is 0 Å². The number of amides is 3. The van der Waals surface area contributed by atoms with Gasteiger partial charge in [0.25, 0.3) is 11.8 Å². The highest BCUT2D eigenvalue weighted by atomic mass is 32.1. The molecular formula is C26H35N5O3S. The van der Waals surface area contributed by atoms with E-state index in [4.69, 9.17) is 5.73 Å². The fourth-order valence-corrected chi connectivity index (χ4v) is 5.65. The van der Waals surface area contributed by atoms with Crippen LogP contribution in [0.25, 0.3) is 0 Å². The van der Waals surface area contributed by atoms with Crippen molar-refractivity contribution in [2.45, 2.75) is 83.2 Å². The van der Waals surface area contributed by atoms with Gasteiger partial charge in [0.2, 0.25) is 5.91 Å². The van der Waals surface area contributed by atoms with Gasteiger partial charge in [0.05, 0.1) is 5.69 Å². The van der Waals surface area contributed by atoms with Crippen LogP contribution in [0.15, 0.2) is 24.3 Å². The lowest BCUT2D eigenvalue weighted by molar-refractivity contribution is -0.120. The van der Waals surface area contributed by atoms with Crippen molar-refractivity contribution in [1.82, 2.24) is 15.0 Å². The summed E-state index contributed by atoms with van der Waals surface area (Å²) in [5.41, 5.74) is 8.07. The summed E-state index contributed by atoms with van der Waals surface area (Å²) in [7, 11) is 0. The standard InChI is InChI=1S/C26H35N5O3S/c1-17-12-14-20(15-13-17)31(16-21(32)28-18-8-4-2-5-9-18)26(34)24-22(27)23(30-35-24)25(33)29-19-10-6-3-7-11-19/h12-15,18-19H,2-11,16,27H2,1H3,(H,28,32)(H,29,33). The maximum absolute atomic E-state index is 13.6. The van der Waals surface area contributed by atoms with Gasteiger partial charge < -0.3 is 16.4 Å². The Morgan fingerprint density at radius 2 is 1.51 bits per heavy atom. The first-order valence-electron chi connectivity index (χ1n) is 12.7. The Bertz CT molecular complexity index is 1040. The van der Waals surface area contributed by atoms with Crippen LogP contribution in [0.4, 0.5) is 11.4 Å². The van der Waals surface area contributed by atoms with Gasteiger partial charge in [0.1, 0.15) is 11.4 Å². The molecule has 3 amide bonds. The average molecular weight is 498 g/mol. The smallest absolute Gasteiger partial charge is 0.273 e. The molecule has 2 aromatic rings. The van der Waals surface area contributed by atoms with Gasteiger partial charge in [-0.3, -0.25) is 19.3 Å². The summed E-state index contributed by atoms with van der Waals surface area (Å²) >= 11 is 0.905. The summed E-state index contributed by atoms with van der Waals surface area (Å²) in [6.45, 7) is 1.84. The van der Waals surface area contributed by atoms with Gasteiger partial charge >= 0.3 is 0 Å². The molecular weight excluding hydrogens is 462 g/mol. The third kappa shape index (κ3) is 6.39. The van der Waals surface area contributed by atoms with E-state index in [2.05, 4.69) is 15.0 Å². The van der Waals surface area contributed by atoms with Crippen LogP contribution >= 0.6 is 11.5 Å². The van der Waals surface area contributed by atoms with Crippen molar-refractivity contribution in [3.05, 3.63) is 40.4 Å². The third-order valence-electron chi connectivity index (χ3n) is 6.94. The van der Waals surface area contributed by atoms with Gasteiger partial charge in [-0.05, 0) is 56.3 Å². The molecule has 0 saturated heterocycles. The second kappa shape index (κ2) is 11.7. The Hall–Kier alpha value is -2.94. The maximum Gasteiger partial charge on any atom is 0.273 e. The lowest BCUT2D eigenvalue weighted by Crippen LogP contribution is -2.45. The first-order valence-corrected chi connectivity index (χ1v) is 13.4. The number of anilines is 2. The zero-order chi connectivity index (χ0) is 24.8. The minimum absolute atomic E-state index is 0.0677. The Morgan fingerprint density at radius 3 is 2.11 bits per heavy atom. The Labute approximate surface area is 210 Å². The van der Waals surface area contributed by atoms with Crippen LogP contribution in [-0.2, 0) is 4.79 Å². The number of carbonyl (C=O) groups is 3. The molecule has 0 atom stereocenters. The largest absolute Gasteiger partial charge is 0.395 e. The Kier molecular flexibility index (Phi) is 8.38. The van der Waals surface area contributed by atoms with E-state index >= 15 is 0 Å². The maximum atomic E-state index is 13.6. The molecule has 0 spiro atoms. The van der Waals surface area contributed by atoms with E-state index in [9.17, 15) is 14.4 Å². The van der Waals surface area contributed by atoms with E-state index in [1.54, 1.807) is 0 Å². The van der Waals surface area contributed by atoms with Gasteiger partial charge in [0.15, 0.2) is 5.69 Å². The average Bonchev–Trinajstić information content (AvgIpc) is 3.25. The molecule has 188 valence electrons. The minimum Gasteiger partial charge on any atom is -0.395 e. The first-order chi connectivity index (χ1) is 16.9. The van der Waals surface area contributed by atoms with E-state index in [0.29, 0.717) is 5.69 Å². The van der Waals surface area contributed by atoms with Gasteiger partial charge in [0, 0.05) is 17.8 Å². The topological polar surface area (TPSA) is 117 Å². The molecule has 8 nitrogen and oxygen atoms in total.